The number of thioether (sulfide) groups is 1. The number of aromatic nitrogens is 3. The second-order valence-corrected chi connectivity index (χ2v) is 6.88. The zero-order chi connectivity index (χ0) is 17.1. The largest absolute Gasteiger partial charge is 0.368 e. The molecule has 1 aromatic heterocycles. The van der Waals surface area contributed by atoms with Crippen molar-refractivity contribution in [2.45, 2.75) is 50.7 Å². The van der Waals surface area contributed by atoms with Crippen molar-refractivity contribution in [3.05, 3.63) is 29.3 Å². The van der Waals surface area contributed by atoms with Crippen molar-refractivity contribution in [3.8, 4) is 0 Å². The lowest BCUT2D eigenvalue weighted by Crippen LogP contribution is -2.17. The summed E-state index contributed by atoms with van der Waals surface area (Å²) in [5.74, 6) is 0.705. The summed E-state index contributed by atoms with van der Waals surface area (Å²) in [4.78, 5) is 12.4. The number of nitrogen functional groups attached to an aromatic ring is 1. The molecule has 1 aromatic carbocycles. The van der Waals surface area contributed by atoms with Crippen molar-refractivity contribution in [1.29, 1.82) is 0 Å². The lowest BCUT2D eigenvalue weighted by Gasteiger charge is -2.14. The third-order valence-corrected chi connectivity index (χ3v) is 5.14. The quantitative estimate of drug-likeness (QED) is 0.753. The van der Waals surface area contributed by atoms with Crippen LogP contribution in [-0.4, -0.2) is 26.4 Å². The van der Waals surface area contributed by atoms with Crippen LogP contribution in [0.25, 0.3) is 0 Å². The fraction of sp³-hybridized carbons (Fsp3) is 0.471. The number of hydrogen-bond acceptors (Lipinski definition) is 5. The summed E-state index contributed by atoms with van der Waals surface area (Å²) in [6, 6.07) is 6.57. The van der Waals surface area contributed by atoms with Crippen LogP contribution in [0.4, 0.5) is 11.6 Å². The molecule has 24 heavy (non-hydrogen) atoms. The van der Waals surface area contributed by atoms with Gasteiger partial charge in [0.25, 0.3) is 0 Å². The van der Waals surface area contributed by atoms with E-state index in [1.54, 1.807) is 0 Å². The van der Waals surface area contributed by atoms with E-state index in [2.05, 4.69) is 41.5 Å². The van der Waals surface area contributed by atoms with E-state index in [0.717, 1.165) is 47.7 Å². The zero-order valence-electron chi connectivity index (χ0n) is 14.1. The molecule has 1 saturated carbocycles. The van der Waals surface area contributed by atoms with Crippen molar-refractivity contribution in [2.24, 2.45) is 0 Å². The number of nitrogens with zero attached hydrogens (tertiary/aromatic N) is 3. The Morgan fingerprint density at radius 3 is 2.54 bits per heavy atom. The molecule has 1 heterocycles. The average Bonchev–Trinajstić information content (AvgIpc) is 3.36. The molecule has 0 atom stereocenters. The van der Waals surface area contributed by atoms with E-state index >= 15 is 0 Å². The highest BCUT2D eigenvalue weighted by atomic mass is 32.2. The molecule has 0 aliphatic heterocycles. The highest BCUT2D eigenvalue weighted by Gasteiger charge is 2.29. The molecule has 0 spiro atoms. The Morgan fingerprint density at radius 1 is 1.29 bits per heavy atom. The van der Waals surface area contributed by atoms with Crippen LogP contribution in [0, 0.1) is 0 Å². The summed E-state index contributed by atoms with van der Waals surface area (Å²) in [5.41, 5.74) is 9.15. The van der Waals surface area contributed by atoms with Crippen LogP contribution in [0.2, 0.25) is 0 Å². The number of nitrogens with two attached hydrogens (primary N) is 1. The Bertz CT molecular complexity index is 716. The Morgan fingerprint density at radius 2 is 1.96 bits per heavy atom. The fourth-order valence-electron chi connectivity index (χ4n) is 2.77. The number of aryl methyl sites for hydroxylation is 2. The van der Waals surface area contributed by atoms with Gasteiger partial charge in [-0.25, -0.2) is 0 Å². The Kier molecular flexibility index (Phi) is 5.08. The van der Waals surface area contributed by atoms with Crippen molar-refractivity contribution < 1.29 is 4.79 Å². The Labute approximate surface area is 146 Å². The summed E-state index contributed by atoms with van der Waals surface area (Å²) >= 11 is 1.39. The number of benzene rings is 1. The maximum absolute atomic E-state index is 12.4. The molecule has 0 radical (unpaired) electrons. The minimum atomic E-state index is -0.0282. The normalized spacial score (nSPS) is 13.9. The van der Waals surface area contributed by atoms with Crippen molar-refractivity contribution in [1.82, 2.24) is 14.8 Å². The number of nitrogens with one attached hydrogen (secondary N) is 1. The number of hydrogen-bond donors (Lipinski definition) is 2. The highest BCUT2D eigenvalue weighted by Crippen LogP contribution is 2.39. The average molecular weight is 345 g/mol. The number of rotatable bonds is 7. The standard InChI is InChI=1S/C17H23N5OS/c1-3-11-6-5-7-12(4-2)15(11)19-14(23)10-24-17-21-20-16(18)22(17)13-8-9-13/h5-7,13H,3-4,8-10H2,1-2H3,(H2,18,20)(H,19,23). The van der Waals surface area contributed by atoms with Gasteiger partial charge in [0.15, 0.2) is 5.16 Å². The van der Waals surface area contributed by atoms with E-state index in [4.69, 9.17) is 5.73 Å². The van der Waals surface area contributed by atoms with Gasteiger partial charge in [-0.15, -0.1) is 10.2 Å². The van der Waals surface area contributed by atoms with Gasteiger partial charge >= 0.3 is 0 Å². The molecule has 0 bridgehead atoms. The van der Waals surface area contributed by atoms with Crippen LogP contribution < -0.4 is 11.1 Å². The van der Waals surface area contributed by atoms with Gasteiger partial charge in [0.2, 0.25) is 11.9 Å². The number of amides is 1. The van der Waals surface area contributed by atoms with E-state index in [9.17, 15) is 4.79 Å². The second-order valence-electron chi connectivity index (χ2n) is 5.94. The smallest absolute Gasteiger partial charge is 0.234 e. The van der Waals surface area contributed by atoms with Crippen LogP contribution in [0.1, 0.15) is 43.9 Å². The molecule has 6 nitrogen and oxygen atoms in total. The van der Waals surface area contributed by atoms with E-state index < -0.39 is 0 Å². The topological polar surface area (TPSA) is 85.8 Å². The molecular weight excluding hydrogens is 322 g/mol. The summed E-state index contributed by atoms with van der Waals surface area (Å²) in [6.07, 6.45) is 3.99. The molecule has 3 N–H and O–H groups in total. The Hall–Kier alpha value is -2.02. The minimum absolute atomic E-state index is 0.0282. The van der Waals surface area contributed by atoms with Crippen LogP contribution in [0.5, 0.6) is 0 Å². The molecular formula is C17H23N5OS. The van der Waals surface area contributed by atoms with Crippen LogP contribution in [-0.2, 0) is 17.6 Å². The van der Waals surface area contributed by atoms with E-state index in [1.807, 2.05) is 10.6 Å². The fourth-order valence-corrected chi connectivity index (χ4v) is 3.58. The van der Waals surface area contributed by atoms with Crippen LogP contribution in [0.3, 0.4) is 0 Å². The van der Waals surface area contributed by atoms with Crippen LogP contribution in [0.15, 0.2) is 23.4 Å². The molecule has 1 aliphatic carbocycles. The number of para-hydroxylation sites is 1. The number of anilines is 2. The van der Waals surface area contributed by atoms with Gasteiger partial charge in [-0.1, -0.05) is 43.8 Å². The summed E-state index contributed by atoms with van der Waals surface area (Å²) in [7, 11) is 0. The maximum Gasteiger partial charge on any atom is 0.234 e. The first kappa shape index (κ1) is 16.8. The molecule has 128 valence electrons. The monoisotopic (exact) mass is 345 g/mol. The van der Waals surface area contributed by atoms with E-state index in [1.165, 1.54) is 11.8 Å². The molecule has 1 aliphatic rings. The molecule has 0 saturated heterocycles. The third kappa shape index (κ3) is 3.56. The van der Waals surface area contributed by atoms with E-state index in [-0.39, 0.29) is 5.91 Å². The first-order valence-electron chi connectivity index (χ1n) is 8.37. The highest BCUT2D eigenvalue weighted by molar-refractivity contribution is 7.99. The molecule has 0 unspecified atom stereocenters. The lowest BCUT2D eigenvalue weighted by molar-refractivity contribution is -0.113. The molecule has 2 aromatic rings. The minimum Gasteiger partial charge on any atom is -0.368 e. The predicted molar refractivity (Wildman–Crippen MR) is 97.3 cm³/mol. The second kappa shape index (κ2) is 7.25. The molecule has 3 rings (SSSR count). The van der Waals surface area contributed by atoms with Crippen LogP contribution >= 0.6 is 11.8 Å². The molecule has 1 fully saturated rings. The third-order valence-electron chi connectivity index (χ3n) is 4.20. The Balaban J connectivity index is 1.67. The maximum atomic E-state index is 12.4. The zero-order valence-corrected chi connectivity index (χ0v) is 14.9. The van der Waals surface area contributed by atoms with Gasteiger partial charge in [0, 0.05) is 11.7 Å². The molecule has 7 heteroatoms. The SMILES string of the molecule is CCc1cccc(CC)c1NC(=O)CSc1nnc(N)n1C1CC1. The molecule has 1 amide bonds. The van der Waals surface area contributed by atoms with Crippen molar-refractivity contribution >= 4 is 29.3 Å². The lowest BCUT2D eigenvalue weighted by atomic mass is 10.0. The summed E-state index contributed by atoms with van der Waals surface area (Å²) < 4.78 is 1.94. The summed E-state index contributed by atoms with van der Waals surface area (Å²) in [5, 5.41) is 11.8. The first-order valence-corrected chi connectivity index (χ1v) is 9.36. The first-order chi connectivity index (χ1) is 11.6. The predicted octanol–water partition coefficient (Wildman–Crippen LogP) is 3.05. The van der Waals surface area contributed by atoms with Gasteiger partial charge in [-0.05, 0) is 36.8 Å². The van der Waals surface area contributed by atoms with Gasteiger partial charge in [-0.3, -0.25) is 9.36 Å². The summed E-state index contributed by atoms with van der Waals surface area (Å²) in [6.45, 7) is 4.19. The van der Waals surface area contributed by atoms with Crippen molar-refractivity contribution in [3.63, 3.8) is 0 Å². The van der Waals surface area contributed by atoms with E-state index in [0.29, 0.717) is 17.7 Å². The number of carbonyl (C=O) groups excluding carboxylic acids is 1. The van der Waals surface area contributed by atoms with Gasteiger partial charge in [-0.2, -0.15) is 0 Å². The van der Waals surface area contributed by atoms with Gasteiger partial charge in [0.1, 0.15) is 0 Å². The van der Waals surface area contributed by atoms with Gasteiger partial charge in [0.05, 0.1) is 5.75 Å². The number of carbonyl (C=O) groups is 1. The van der Waals surface area contributed by atoms with Gasteiger partial charge < -0.3 is 11.1 Å². The van der Waals surface area contributed by atoms with Crippen molar-refractivity contribution in [2.75, 3.05) is 16.8 Å².